The van der Waals surface area contributed by atoms with Gasteiger partial charge in [0.05, 0.1) is 16.9 Å². The second-order valence-electron chi connectivity index (χ2n) is 7.35. The Hall–Kier alpha value is -3.42. The van der Waals surface area contributed by atoms with Gasteiger partial charge >= 0.3 is 5.97 Å². The highest BCUT2D eigenvalue weighted by Gasteiger charge is 2.14. The Bertz CT molecular complexity index is 960. The molecule has 0 spiro atoms. The number of anilines is 1. The molecule has 0 radical (unpaired) electrons. The van der Waals surface area contributed by atoms with Crippen molar-refractivity contribution in [1.29, 1.82) is 0 Å². The molecule has 0 aliphatic carbocycles. The molecule has 2 amide bonds. The van der Waals surface area contributed by atoms with E-state index in [9.17, 15) is 14.4 Å². The van der Waals surface area contributed by atoms with Crippen molar-refractivity contribution in [2.24, 2.45) is 13.0 Å². The fourth-order valence-electron chi connectivity index (χ4n) is 2.74. The summed E-state index contributed by atoms with van der Waals surface area (Å²) >= 11 is 0. The van der Waals surface area contributed by atoms with Crippen molar-refractivity contribution in [3.05, 3.63) is 52.9 Å². The van der Waals surface area contributed by atoms with Crippen molar-refractivity contribution in [3.63, 3.8) is 0 Å². The van der Waals surface area contributed by atoms with E-state index in [0.717, 1.165) is 17.0 Å². The summed E-state index contributed by atoms with van der Waals surface area (Å²) in [7, 11) is 1.82. The number of aryl methyl sites for hydroxylation is 2. The summed E-state index contributed by atoms with van der Waals surface area (Å²) in [6, 6.07) is 6.67. The van der Waals surface area contributed by atoms with E-state index in [-0.39, 0.29) is 5.91 Å². The van der Waals surface area contributed by atoms with Crippen LogP contribution in [0.3, 0.4) is 0 Å². The molecule has 0 aliphatic rings. The van der Waals surface area contributed by atoms with Crippen LogP contribution < -0.4 is 10.6 Å². The summed E-state index contributed by atoms with van der Waals surface area (Å²) in [5.74, 6) is -1.14. The average Bonchev–Trinajstić information content (AvgIpc) is 2.94. The number of para-hydroxylation sites is 1. The maximum atomic E-state index is 12.3. The lowest BCUT2D eigenvalue weighted by molar-refractivity contribution is -0.142. The molecular formula is C22H28N4O4. The molecule has 0 fully saturated rings. The normalized spacial score (nSPS) is 11.0. The van der Waals surface area contributed by atoms with Crippen LogP contribution in [0.1, 0.15) is 41.2 Å². The van der Waals surface area contributed by atoms with Crippen molar-refractivity contribution in [1.82, 2.24) is 15.1 Å². The van der Waals surface area contributed by atoms with Gasteiger partial charge in [0.25, 0.3) is 11.8 Å². The maximum absolute atomic E-state index is 12.3. The largest absolute Gasteiger partial charge is 0.452 e. The highest BCUT2D eigenvalue weighted by molar-refractivity contribution is 6.04. The molecule has 1 heterocycles. The van der Waals surface area contributed by atoms with Gasteiger partial charge in [-0.3, -0.25) is 14.3 Å². The molecule has 1 aromatic carbocycles. The molecule has 8 nitrogen and oxygen atoms in total. The first-order valence-electron chi connectivity index (χ1n) is 9.71. The molecule has 0 atom stereocenters. The number of hydrogen-bond donors (Lipinski definition) is 2. The molecule has 0 aliphatic heterocycles. The van der Waals surface area contributed by atoms with Crippen LogP contribution in [0, 0.1) is 19.8 Å². The SMILES string of the molecule is Cc1nn(C)c(C)c1/C=C/C(=O)OCC(=O)Nc1ccccc1C(=O)NCC(C)C. The van der Waals surface area contributed by atoms with Crippen molar-refractivity contribution in [2.45, 2.75) is 27.7 Å². The van der Waals surface area contributed by atoms with Crippen LogP contribution in [0.5, 0.6) is 0 Å². The molecule has 2 rings (SSSR count). The van der Waals surface area contributed by atoms with Gasteiger partial charge in [0.15, 0.2) is 6.61 Å². The Morgan fingerprint density at radius 2 is 1.90 bits per heavy atom. The number of nitrogens with zero attached hydrogens (tertiary/aromatic N) is 2. The first-order valence-corrected chi connectivity index (χ1v) is 9.71. The van der Waals surface area contributed by atoms with Crippen molar-refractivity contribution < 1.29 is 19.1 Å². The molecule has 0 bridgehead atoms. The van der Waals surface area contributed by atoms with E-state index >= 15 is 0 Å². The van der Waals surface area contributed by atoms with Gasteiger partial charge in [-0.15, -0.1) is 0 Å². The van der Waals surface area contributed by atoms with Gasteiger partial charge in [-0.25, -0.2) is 4.79 Å². The second-order valence-corrected chi connectivity index (χ2v) is 7.35. The van der Waals surface area contributed by atoms with Gasteiger partial charge in [0.1, 0.15) is 0 Å². The number of amides is 2. The van der Waals surface area contributed by atoms with Crippen LogP contribution in [-0.4, -0.2) is 40.7 Å². The standard InChI is InChI=1S/C22H28N4O4/c1-14(2)12-23-22(29)18-8-6-7-9-19(18)24-20(27)13-30-21(28)11-10-17-15(3)25-26(5)16(17)4/h6-11,14H,12-13H2,1-5H3,(H,23,29)(H,24,27)/b11-10+. The minimum Gasteiger partial charge on any atom is -0.452 e. The zero-order chi connectivity index (χ0) is 22.3. The molecule has 2 N–H and O–H groups in total. The number of benzene rings is 1. The van der Waals surface area contributed by atoms with Gasteiger partial charge in [-0.2, -0.15) is 5.10 Å². The minimum absolute atomic E-state index is 0.276. The first-order chi connectivity index (χ1) is 14.2. The maximum Gasteiger partial charge on any atom is 0.331 e. The van der Waals surface area contributed by atoms with Crippen LogP contribution in [0.25, 0.3) is 6.08 Å². The summed E-state index contributed by atoms with van der Waals surface area (Å²) in [5, 5.41) is 9.70. The number of carbonyl (C=O) groups is 3. The lowest BCUT2D eigenvalue weighted by Gasteiger charge is -2.12. The Morgan fingerprint density at radius 1 is 1.20 bits per heavy atom. The number of aromatic nitrogens is 2. The van der Waals surface area contributed by atoms with Crippen LogP contribution in [0.4, 0.5) is 5.69 Å². The third-order valence-corrected chi connectivity index (χ3v) is 4.41. The Balaban J connectivity index is 1.92. The molecule has 1 aromatic heterocycles. The van der Waals surface area contributed by atoms with Crippen molar-refractivity contribution in [3.8, 4) is 0 Å². The summed E-state index contributed by atoms with van der Waals surface area (Å²) < 4.78 is 6.72. The molecule has 30 heavy (non-hydrogen) atoms. The fourth-order valence-corrected chi connectivity index (χ4v) is 2.74. The van der Waals surface area contributed by atoms with Crippen molar-refractivity contribution >= 4 is 29.5 Å². The van der Waals surface area contributed by atoms with E-state index < -0.39 is 18.5 Å². The Morgan fingerprint density at radius 3 is 2.53 bits per heavy atom. The summed E-state index contributed by atoms with van der Waals surface area (Å²) in [6.07, 6.45) is 2.88. The van der Waals surface area contributed by atoms with Crippen LogP contribution in [-0.2, 0) is 21.4 Å². The van der Waals surface area contributed by atoms with E-state index in [1.54, 1.807) is 35.0 Å². The zero-order valence-corrected chi connectivity index (χ0v) is 18.0. The van der Waals surface area contributed by atoms with Gasteiger partial charge in [-0.05, 0) is 38.0 Å². The lowest BCUT2D eigenvalue weighted by atomic mass is 10.1. The highest BCUT2D eigenvalue weighted by Crippen LogP contribution is 2.15. The van der Waals surface area contributed by atoms with E-state index in [4.69, 9.17) is 4.74 Å². The summed E-state index contributed by atoms with van der Waals surface area (Å²) in [6.45, 7) is 7.80. The number of ether oxygens (including phenoxy) is 1. The average molecular weight is 412 g/mol. The van der Waals surface area contributed by atoms with E-state index in [1.807, 2.05) is 34.7 Å². The molecule has 0 saturated heterocycles. The number of esters is 1. The molecule has 8 heteroatoms. The van der Waals surface area contributed by atoms with Gasteiger partial charge < -0.3 is 15.4 Å². The first kappa shape index (κ1) is 22.9. The monoisotopic (exact) mass is 412 g/mol. The molecule has 160 valence electrons. The smallest absolute Gasteiger partial charge is 0.331 e. The zero-order valence-electron chi connectivity index (χ0n) is 18.0. The highest BCUT2D eigenvalue weighted by atomic mass is 16.5. The second kappa shape index (κ2) is 10.4. The van der Waals surface area contributed by atoms with E-state index in [2.05, 4.69) is 15.7 Å². The van der Waals surface area contributed by atoms with Crippen molar-refractivity contribution in [2.75, 3.05) is 18.5 Å². The predicted octanol–water partition coefficient (Wildman–Crippen LogP) is 2.62. The van der Waals surface area contributed by atoms with Gasteiger partial charge in [0, 0.05) is 30.9 Å². The number of hydrogen-bond acceptors (Lipinski definition) is 5. The van der Waals surface area contributed by atoms with Gasteiger partial charge in [-0.1, -0.05) is 26.0 Å². The van der Waals surface area contributed by atoms with Crippen LogP contribution in [0.2, 0.25) is 0 Å². The van der Waals surface area contributed by atoms with Gasteiger partial charge in [0.2, 0.25) is 0 Å². The van der Waals surface area contributed by atoms with E-state index in [0.29, 0.717) is 23.7 Å². The number of rotatable bonds is 8. The van der Waals surface area contributed by atoms with E-state index in [1.165, 1.54) is 6.08 Å². The molecule has 2 aromatic rings. The topological polar surface area (TPSA) is 102 Å². The lowest BCUT2D eigenvalue weighted by Crippen LogP contribution is -2.29. The quantitative estimate of drug-likeness (QED) is 0.513. The van der Waals surface area contributed by atoms with Crippen LogP contribution in [0.15, 0.2) is 30.3 Å². The predicted molar refractivity (Wildman–Crippen MR) is 115 cm³/mol. The van der Waals surface area contributed by atoms with Crippen LogP contribution >= 0.6 is 0 Å². The third-order valence-electron chi connectivity index (χ3n) is 4.41. The minimum atomic E-state index is -0.643. The summed E-state index contributed by atoms with van der Waals surface area (Å²) in [4.78, 5) is 36.5. The third kappa shape index (κ3) is 6.30. The molecule has 0 saturated carbocycles. The fraction of sp³-hybridized carbons (Fsp3) is 0.364. The summed E-state index contributed by atoms with van der Waals surface area (Å²) in [5.41, 5.74) is 3.25. The molecule has 0 unspecified atom stereocenters. The Kier molecular flexibility index (Phi) is 7.91. The number of nitrogens with one attached hydrogen (secondary N) is 2. The Labute approximate surface area is 176 Å². The molecular weight excluding hydrogens is 384 g/mol. The number of carbonyl (C=O) groups excluding carboxylic acids is 3.